The summed E-state index contributed by atoms with van der Waals surface area (Å²) >= 11 is 0. The van der Waals surface area contributed by atoms with Crippen molar-refractivity contribution in [2.24, 2.45) is 11.8 Å². The van der Waals surface area contributed by atoms with Gasteiger partial charge in [0.2, 0.25) is 0 Å². The number of amides is 2. The van der Waals surface area contributed by atoms with Gasteiger partial charge in [-0.15, -0.1) is 0 Å². The number of hydrogen-bond acceptors (Lipinski definition) is 4. The molecule has 140 valence electrons. The Labute approximate surface area is 150 Å². The molecule has 4 atom stereocenters. The van der Waals surface area contributed by atoms with Crippen molar-refractivity contribution < 1.29 is 19.8 Å². The normalized spacial score (nSPS) is 30.3. The van der Waals surface area contributed by atoms with E-state index in [0.717, 1.165) is 25.7 Å². The van der Waals surface area contributed by atoms with Gasteiger partial charge in [-0.1, -0.05) is 18.9 Å². The van der Waals surface area contributed by atoms with Crippen LogP contribution in [0.1, 0.15) is 37.4 Å². The van der Waals surface area contributed by atoms with Crippen LogP contribution in [0.3, 0.4) is 0 Å². The number of rotatable bonds is 3. The largest absolute Gasteiger partial charge is 0.480 e. The summed E-state index contributed by atoms with van der Waals surface area (Å²) in [6.45, 7) is -0.0179. The Hall–Kier alpha value is -2.35. The Morgan fingerprint density at radius 2 is 1.96 bits per heavy atom. The number of aliphatic carboxylic acids is 1. The summed E-state index contributed by atoms with van der Waals surface area (Å²) in [5.41, 5.74) is 0.475. The SMILES string of the molecule is O=C(O)[C@H]1[C@H](CO)[C@H]2Cn3c(cccc3=O)[C@H]2N1C(=O)NC1CCCC1. The van der Waals surface area contributed by atoms with Crippen LogP contribution < -0.4 is 10.9 Å². The number of carbonyl (C=O) groups excluding carboxylic acids is 1. The molecule has 2 aliphatic heterocycles. The maximum Gasteiger partial charge on any atom is 0.326 e. The molecule has 1 saturated carbocycles. The van der Waals surface area contributed by atoms with Gasteiger partial charge in [0.15, 0.2) is 0 Å². The summed E-state index contributed by atoms with van der Waals surface area (Å²) in [6.07, 6.45) is 3.89. The zero-order valence-electron chi connectivity index (χ0n) is 14.4. The van der Waals surface area contributed by atoms with Crippen LogP contribution in [0, 0.1) is 11.8 Å². The molecule has 3 N–H and O–H groups in total. The van der Waals surface area contributed by atoms with Crippen LogP contribution in [0.2, 0.25) is 0 Å². The molecule has 3 aliphatic rings. The Kier molecular flexibility index (Phi) is 4.22. The summed E-state index contributed by atoms with van der Waals surface area (Å²) in [7, 11) is 0. The third-order valence-electron chi connectivity index (χ3n) is 6.12. The monoisotopic (exact) mass is 361 g/mol. The summed E-state index contributed by atoms with van der Waals surface area (Å²) in [4.78, 5) is 38.5. The molecule has 1 aliphatic carbocycles. The number of likely N-dealkylation sites (tertiary alicyclic amines) is 1. The lowest BCUT2D eigenvalue weighted by Gasteiger charge is -2.30. The van der Waals surface area contributed by atoms with Crippen LogP contribution in [0.25, 0.3) is 0 Å². The second-order valence-electron chi connectivity index (χ2n) is 7.48. The number of nitrogens with zero attached hydrogens (tertiary/aromatic N) is 2. The maximum absolute atomic E-state index is 13.0. The molecule has 26 heavy (non-hydrogen) atoms. The lowest BCUT2D eigenvalue weighted by molar-refractivity contribution is -0.143. The standard InChI is InChI=1S/C18H23N3O5/c22-9-12-11-8-20-13(6-3-7-14(20)23)15(11)21(16(12)17(24)25)18(26)19-10-4-1-2-5-10/h3,6-7,10-12,15-16,22H,1-2,4-5,8-9H2,(H,19,26)(H,24,25)/t11-,12-,15+,16-/m1/s1. The van der Waals surface area contributed by atoms with Crippen molar-refractivity contribution in [1.29, 1.82) is 0 Å². The average molecular weight is 361 g/mol. The number of fused-ring (bicyclic) bond motifs is 3. The number of nitrogens with one attached hydrogen (secondary N) is 1. The first kappa shape index (κ1) is 17.1. The first-order valence-corrected chi connectivity index (χ1v) is 9.15. The summed E-state index contributed by atoms with van der Waals surface area (Å²) < 4.78 is 1.59. The van der Waals surface area contributed by atoms with E-state index in [1.54, 1.807) is 16.7 Å². The molecule has 0 unspecified atom stereocenters. The van der Waals surface area contributed by atoms with Gasteiger partial charge in [0.1, 0.15) is 6.04 Å². The molecule has 2 amide bonds. The topological polar surface area (TPSA) is 112 Å². The smallest absolute Gasteiger partial charge is 0.326 e. The van der Waals surface area contributed by atoms with Gasteiger partial charge < -0.3 is 25.0 Å². The Morgan fingerprint density at radius 1 is 1.23 bits per heavy atom. The first-order chi connectivity index (χ1) is 12.5. The second kappa shape index (κ2) is 6.42. The Bertz CT molecular complexity index is 785. The predicted octanol–water partition coefficient (Wildman–Crippen LogP) is 0.549. The van der Waals surface area contributed by atoms with Crippen molar-refractivity contribution in [3.8, 4) is 0 Å². The third-order valence-corrected chi connectivity index (χ3v) is 6.12. The van der Waals surface area contributed by atoms with Crippen LogP contribution in [0.5, 0.6) is 0 Å². The van der Waals surface area contributed by atoms with Crippen molar-refractivity contribution in [2.45, 2.75) is 50.4 Å². The number of aliphatic hydroxyl groups is 1. The molecule has 0 radical (unpaired) electrons. The van der Waals surface area contributed by atoms with E-state index in [9.17, 15) is 24.6 Å². The quantitative estimate of drug-likeness (QED) is 0.728. The van der Waals surface area contributed by atoms with Crippen LogP contribution in [0.4, 0.5) is 4.79 Å². The number of carbonyl (C=O) groups is 2. The van der Waals surface area contributed by atoms with Crippen molar-refractivity contribution in [3.05, 3.63) is 34.2 Å². The molecule has 0 spiro atoms. The molecule has 1 saturated heterocycles. The van der Waals surface area contributed by atoms with Crippen molar-refractivity contribution >= 4 is 12.0 Å². The van der Waals surface area contributed by atoms with Gasteiger partial charge in [-0.3, -0.25) is 4.79 Å². The Morgan fingerprint density at radius 3 is 2.62 bits per heavy atom. The lowest BCUT2D eigenvalue weighted by atomic mass is 9.88. The van der Waals surface area contributed by atoms with Crippen LogP contribution >= 0.6 is 0 Å². The number of urea groups is 1. The summed E-state index contributed by atoms with van der Waals surface area (Å²) in [5.74, 6) is -2.01. The molecule has 1 aromatic heterocycles. The van der Waals surface area contributed by atoms with Gasteiger partial charge in [-0.05, 0) is 18.9 Å². The highest BCUT2D eigenvalue weighted by molar-refractivity contribution is 5.84. The number of carboxylic acid groups (broad SMARTS) is 1. The fraction of sp³-hybridized carbons (Fsp3) is 0.611. The maximum atomic E-state index is 13.0. The first-order valence-electron chi connectivity index (χ1n) is 9.15. The lowest BCUT2D eigenvalue weighted by Crippen LogP contribution is -2.51. The average Bonchev–Trinajstić information content (AvgIpc) is 3.29. The van der Waals surface area contributed by atoms with Gasteiger partial charge >= 0.3 is 12.0 Å². The molecule has 2 fully saturated rings. The number of hydrogen-bond donors (Lipinski definition) is 3. The molecular weight excluding hydrogens is 338 g/mol. The number of aliphatic hydroxyl groups excluding tert-OH is 1. The molecule has 3 heterocycles. The fourth-order valence-electron chi connectivity index (χ4n) is 4.96. The van der Waals surface area contributed by atoms with Crippen LogP contribution in [-0.2, 0) is 11.3 Å². The highest BCUT2D eigenvalue weighted by Crippen LogP contribution is 2.49. The van der Waals surface area contributed by atoms with E-state index in [1.807, 2.05) is 0 Å². The van der Waals surface area contributed by atoms with Gasteiger partial charge in [0.05, 0.1) is 6.04 Å². The number of aromatic nitrogens is 1. The molecule has 8 nitrogen and oxygen atoms in total. The zero-order valence-corrected chi connectivity index (χ0v) is 14.4. The zero-order chi connectivity index (χ0) is 18.4. The van der Waals surface area contributed by atoms with E-state index in [0.29, 0.717) is 12.2 Å². The van der Waals surface area contributed by atoms with Gasteiger partial charge in [-0.2, -0.15) is 0 Å². The third kappa shape index (κ3) is 2.51. The van der Waals surface area contributed by atoms with E-state index >= 15 is 0 Å². The van der Waals surface area contributed by atoms with E-state index in [-0.39, 0.29) is 24.1 Å². The number of pyridine rings is 1. The molecule has 8 heteroatoms. The highest BCUT2D eigenvalue weighted by Gasteiger charge is 2.57. The minimum Gasteiger partial charge on any atom is -0.480 e. The van der Waals surface area contributed by atoms with E-state index in [1.165, 1.54) is 11.0 Å². The van der Waals surface area contributed by atoms with E-state index in [4.69, 9.17) is 0 Å². The predicted molar refractivity (Wildman–Crippen MR) is 91.6 cm³/mol. The molecule has 1 aromatic rings. The summed E-state index contributed by atoms with van der Waals surface area (Å²) in [6, 6.07) is 2.88. The molecule has 0 bridgehead atoms. The van der Waals surface area contributed by atoms with Crippen molar-refractivity contribution in [3.63, 3.8) is 0 Å². The van der Waals surface area contributed by atoms with Crippen molar-refractivity contribution in [1.82, 2.24) is 14.8 Å². The minimum absolute atomic E-state index is 0.0583. The van der Waals surface area contributed by atoms with Gasteiger partial charge in [0.25, 0.3) is 5.56 Å². The number of carboxylic acids is 1. The van der Waals surface area contributed by atoms with Crippen molar-refractivity contribution in [2.75, 3.05) is 6.61 Å². The second-order valence-corrected chi connectivity index (χ2v) is 7.48. The van der Waals surface area contributed by atoms with Gasteiger partial charge in [0, 0.05) is 42.8 Å². The highest BCUT2D eigenvalue weighted by atomic mass is 16.4. The van der Waals surface area contributed by atoms with Crippen LogP contribution in [-0.4, -0.2) is 50.4 Å². The molecular formula is C18H23N3O5. The fourth-order valence-corrected chi connectivity index (χ4v) is 4.96. The Balaban J connectivity index is 1.73. The molecule has 4 rings (SSSR count). The van der Waals surface area contributed by atoms with E-state index in [2.05, 4.69) is 5.32 Å². The minimum atomic E-state index is -1.12. The molecule has 0 aromatic carbocycles. The van der Waals surface area contributed by atoms with Gasteiger partial charge in [-0.25, -0.2) is 9.59 Å². The van der Waals surface area contributed by atoms with Crippen LogP contribution in [0.15, 0.2) is 23.0 Å². The van der Waals surface area contributed by atoms with E-state index < -0.39 is 30.0 Å². The summed E-state index contributed by atoms with van der Waals surface area (Å²) in [5, 5.41) is 22.6.